The lowest BCUT2D eigenvalue weighted by Crippen LogP contribution is -2.38. The molecule has 0 saturated heterocycles. The minimum absolute atomic E-state index is 0.230. The highest BCUT2D eigenvalue weighted by atomic mass is 19.1. The van der Waals surface area contributed by atoms with E-state index in [1.807, 2.05) is 36.4 Å². The van der Waals surface area contributed by atoms with Crippen molar-refractivity contribution in [2.24, 2.45) is 0 Å². The zero-order chi connectivity index (χ0) is 19.1. The standard InChI is InChI=1S/C21H20FNO4/c22-18-7-4-8-19(13-18)26-15-21(25)27-14-20(24)23-11-9-17(10-12-23)16-5-2-1-3-6-16/h1-9,13H,10-12,14-15H2. The molecule has 3 rings (SSSR count). The number of nitrogens with zero attached hydrogens (tertiary/aromatic N) is 1. The number of carbonyl (C=O) groups excluding carboxylic acids is 2. The van der Waals surface area contributed by atoms with Gasteiger partial charge in [-0.2, -0.15) is 0 Å². The summed E-state index contributed by atoms with van der Waals surface area (Å²) in [4.78, 5) is 25.5. The fourth-order valence-electron chi connectivity index (χ4n) is 2.78. The molecule has 0 aromatic heterocycles. The van der Waals surface area contributed by atoms with Crippen LogP contribution in [0.2, 0.25) is 0 Å². The van der Waals surface area contributed by atoms with Gasteiger partial charge in [0.2, 0.25) is 0 Å². The summed E-state index contributed by atoms with van der Waals surface area (Å²) in [5.74, 6) is -1.15. The van der Waals surface area contributed by atoms with E-state index in [4.69, 9.17) is 9.47 Å². The Morgan fingerprint density at radius 2 is 1.85 bits per heavy atom. The summed E-state index contributed by atoms with van der Waals surface area (Å²) in [7, 11) is 0. The topological polar surface area (TPSA) is 55.8 Å². The Labute approximate surface area is 157 Å². The zero-order valence-electron chi connectivity index (χ0n) is 14.8. The first-order valence-corrected chi connectivity index (χ1v) is 8.68. The van der Waals surface area contributed by atoms with E-state index in [9.17, 15) is 14.0 Å². The van der Waals surface area contributed by atoms with Crippen LogP contribution in [0.1, 0.15) is 12.0 Å². The van der Waals surface area contributed by atoms with E-state index in [0.29, 0.717) is 13.1 Å². The molecule has 0 spiro atoms. The number of rotatable bonds is 6. The molecule has 140 valence electrons. The van der Waals surface area contributed by atoms with E-state index in [1.165, 1.54) is 29.8 Å². The van der Waals surface area contributed by atoms with Gasteiger partial charge < -0.3 is 14.4 Å². The van der Waals surface area contributed by atoms with E-state index in [2.05, 4.69) is 0 Å². The molecule has 1 aliphatic heterocycles. The smallest absolute Gasteiger partial charge is 0.344 e. The molecule has 5 nitrogen and oxygen atoms in total. The average Bonchev–Trinajstić information content (AvgIpc) is 2.71. The lowest BCUT2D eigenvalue weighted by atomic mass is 10.00. The van der Waals surface area contributed by atoms with Gasteiger partial charge in [-0.1, -0.05) is 42.5 Å². The normalized spacial score (nSPS) is 13.7. The maximum absolute atomic E-state index is 13.0. The first-order valence-electron chi connectivity index (χ1n) is 8.68. The van der Waals surface area contributed by atoms with E-state index >= 15 is 0 Å². The van der Waals surface area contributed by atoms with E-state index in [-0.39, 0.29) is 24.9 Å². The van der Waals surface area contributed by atoms with Gasteiger partial charge in [-0.25, -0.2) is 9.18 Å². The first kappa shape index (κ1) is 18.6. The van der Waals surface area contributed by atoms with Crippen molar-refractivity contribution < 1.29 is 23.5 Å². The van der Waals surface area contributed by atoms with Crippen molar-refractivity contribution in [1.29, 1.82) is 0 Å². The number of halogens is 1. The molecule has 0 bridgehead atoms. The molecule has 6 heteroatoms. The molecule has 0 atom stereocenters. The number of carbonyl (C=O) groups is 2. The number of esters is 1. The number of amides is 1. The third kappa shape index (κ3) is 5.41. The maximum Gasteiger partial charge on any atom is 0.344 e. The van der Waals surface area contributed by atoms with Crippen molar-refractivity contribution in [3.63, 3.8) is 0 Å². The summed E-state index contributed by atoms with van der Waals surface area (Å²) in [5, 5.41) is 0. The van der Waals surface area contributed by atoms with Crippen molar-refractivity contribution in [2.45, 2.75) is 6.42 Å². The molecule has 0 N–H and O–H groups in total. The summed E-state index contributed by atoms with van der Waals surface area (Å²) in [5.41, 5.74) is 2.37. The van der Waals surface area contributed by atoms with Crippen LogP contribution in [0.5, 0.6) is 5.75 Å². The van der Waals surface area contributed by atoms with Crippen molar-refractivity contribution in [3.8, 4) is 5.75 Å². The average molecular weight is 369 g/mol. The molecule has 0 fully saturated rings. The molecule has 1 amide bonds. The van der Waals surface area contributed by atoms with Crippen LogP contribution in [-0.2, 0) is 14.3 Å². The minimum Gasteiger partial charge on any atom is -0.482 e. The number of hydrogen-bond donors (Lipinski definition) is 0. The second-order valence-corrected chi connectivity index (χ2v) is 6.09. The fraction of sp³-hybridized carbons (Fsp3) is 0.238. The zero-order valence-corrected chi connectivity index (χ0v) is 14.8. The Hall–Kier alpha value is -3.15. The Morgan fingerprint density at radius 3 is 2.56 bits per heavy atom. The summed E-state index contributed by atoms with van der Waals surface area (Å²) in [6, 6.07) is 15.5. The molecule has 0 unspecified atom stereocenters. The predicted molar refractivity (Wildman–Crippen MR) is 98.5 cm³/mol. The first-order chi connectivity index (χ1) is 13.1. The Balaban J connectivity index is 1.42. The lowest BCUT2D eigenvalue weighted by Gasteiger charge is -2.26. The molecule has 2 aromatic carbocycles. The van der Waals surface area contributed by atoms with Crippen molar-refractivity contribution >= 4 is 17.4 Å². The Kier molecular flexibility index (Phi) is 6.20. The van der Waals surface area contributed by atoms with Gasteiger partial charge in [-0.3, -0.25) is 4.79 Å². The van der Waals surface area contributed by atoms with E-state index in [0.717, 1.165) is 12.0 Å². The van der Waals surface area contributed by atoms with E-state index < -0.39 is 11.8 Å². The van der Waals surface area contributed by atoms with Gasteiger partial charge in [-0.15, -0.1) is 0 Å². The van der Waals surface area contributed by atoms with E-state index in [1.54, 1.807) is 4.90 Å². The molecular weight excluding hydrogens is 349 g/mol. The largest absolute Gasteiger partial charge is 0.482 e. The molecule has 0 radical (unpaired) electrons. The van der Waals surface area contributed by atoms with Gasteiger partial charge >= 0.3 is 5.97 Å². The molecule has 27 heavy (non-hydrogen) atoms. The fourth-order valence-corrected chi connectivity index (χ4v) is 2.78. The van der Waals surface area contributed by atoms with Crippen LogP contribution in [-0.4, -0.2) is 43.1 Å². The van der Waals surface area contributed by atoms with Gasteiger partial charge in [-0.05, 0) is 29.7 Å². The molecule has 0 aliphatic carbocycles. The molecule has 1 heterocycles. The summed E-state index contributed by atoms with van der Waals surface area (Å²) in [6.45, 7) is 0.353. The third-order valence-electron chi connectivity index (χ3n) is 4.22. The van der Waals surface area contributed by atoms with Gasteiger partial charge in [0.15, 0.2) is 13.2 Å². The maximum atomic E-state index is 13.0. The summed E-state index contributed by atoms with van der Waals surface area (Å²) < 4.78 is 23.1. The second-order valence-electron chi connectivity index (χ2n) is 6.09. The predicted octanol–water partition coefficient (Wildman–Crippen LogP) is 3.06. The number of hydrogen-bond acceptors (Lipinski definition) is 4. The lowest BCUT2D eigenvalue weighted by molar-refractivity contribution is -0.153. The Morgan fingerprint density at radius 1 is 1.04 bits per heavy atom. The van der Waals surface area contributed by atoms with Crippen molar-refractivity contribution in [3.05, 3.63) is 72.1 Å². The van der Waals surface area contributed by atoms with Crippen LogP contribution >= 0.6 is 0 Å². The highest BCUT2D eigenvalue weighted by Crippen LogP contribution is 2.22. The minimum atomic E-state index is -0.676. The molecule has 2 aromatic rings. The van der Waals surface area contributed by atoms with Crippen LogP contribution in [0, 0.1) is 5.82 Å². The summed E-state index contributed by atoms with van der Waals surface area (Å²) >= 11 is 0. The van der Waals surface area contributed by atoms with Gasteiger partial charge in [0, 0.05) is 19.2 Å². The Bertz CT molecular complexity index is 835. The van der Waals surface area contributed by atoms with Crippen molar-refractivity contribution in [2.75, 3.05) is 26.3 Å². The monoisotopic (exact) mass is 369 g/mol. The van der Waals surface area contributed by atoms with Crippen LogP contribution in [0.15, 0.2) is 60.7 Å². The quantitative estimate of drug-likeness (QED) is 0.735. The van der Waals surface area contributed by atoms with Gasteiger partial charge in [0.1, 0.15) is 11.6 Å². The van der Waals surface area contributed by atoms with Crippen LogP contribution < -0.4 is 4.74 Å². The summed E-state index contributed by atoms with van der Waals surface area (Å²) in [6.07, 6.45) is 2.78. The van der Waals surface area contributed by atoms with Crippen LogP contribution in [0.4, 0.5) is 4.39 Å². The van der Waals surface area contributed by atoms with Crippen molar-refractivity contribution in [1.82, 2.24) is 4.90 Å². The highest BCUT2D eigenvalue weighted by Gasteiger charge is 2.19. The molecular formula is C21H20FNO4. The van der Waals surface area contributed by atoms with Gasteiger partial charge in [0.25, 0.3) is 5.91 Å². The van der Waals surface area contributed by atoms with Gasteiger partial charge in [0.05, 0.1) is 0 Å². The van der Waals surface area contributed by atoms with Crippen LogP contribution in [0.25, 0.3) is 5.57 Å². The highest BCUT2D eigenvalue weighted by molar-refractivity contribution is 5.82. The third-order valence-corrected chi connectivity index (χ3v) is 4.22. The molecule has 1 aliphatic rings. The number of benzene rings is 2. The second kappa shape index (κ2) is 8.98. The SMILES string of the molecule is O=C(COc1cccc(F)c1)OCC(=O)N1CC=C(c2ccccc2)CC1. The molecule has 0 saturated carbocycles. The number of ether oxygens (including phenoxy) is 2. The van der Waals surface area contributed by atoms with Crippen LogP contribution in [0.3, 0.4) is 0 Å².